The third-order valence-corrected chi connectivity index (χ3v) is 3.48. The molecule has 1 rings (SSSR count). The second kappa shape index (κ2) is 7.67. The average Bonchev–Trinajstić information content (AvgIpc) is 2.30. The highest BCUT2D eigenvalue weighted by atomic mass is 16.1. The van der Waals surface area contributed by atoms with E-state index in [1.54, 1.807) is 0 Å². The fourth-order valence-electron chi connectivity index (χ4n) is 2.29. The molecule has 0 spiro atoms. The summed E-state index contributed by atoms with van der Waals surface area (Å²) < 4.78 is 0. The van der Waals surface area contributed by atoms with Crippen LogP contribution in [-0.4, -0.2) is 42.5 Å². The van der Waals surface area contributed by atoms with Gasteiger partial charge in [-0.05, 0) is 46.1 Å². The molecule has 4 nitrogen and oxygen atoms in total. The summed E-state index contributed by atoms with van der Waals surface area (Å²) in [6, 6.07) is 1.01. The van der Waals surface area contributed by atoms with Crippen molar-refractivity contribution in [1.29, 1.82) is 0 Å². The van der Waals surface area contributed by atoms with Crippen LogP contribution in [0.2, 0.25) is 0 Å². The first kappa shape index (κ1) is 14.5. The van der Waals surface area contributed by atoms with Crippen LogP contribution in [0.25, 0.3) is 0 Å². The molecule has 1 aliphatic heterocycles. The van der Waals surface area contributed by atoms with E-state index in [0.29, 0.717) is 25.0 Å². The van der Waals surface area contributed by atoms with Crippen molar-refractivity contribution in [2.24, 2.45) is 5.73 Å². The minimum Gasteiger partial charge on any atom is -0.353 e. The number of nitrogens with two attached hydrogens (primary N) is 1. The van der Waals surface area contributed by atoms with Crippen LogP contribution >= 0.6 is 0 Å². The predicted molar refractivity (Wildman–Crippen MR) is 70.8 cm³/mol. The van der Waals surface area contributed by atoms with Gasteiger partial charge in [0.25, 0.3) is 0 Å². The van der Waals surface area contributed by atoms with E-state index in [9.17, 15) is 4.79 Å². The summed E-state index contributed by atoms with van der Waals surface area (Å²) in [7, 11) is 0. The number of carbonyl (C=O) groups is 1. The van der Waals surface area contributed by atoms with Gasteiger partial charge in [0.1, 0.15) is 0 Å². The summed E-state index contributed by atoms with van der Waals surface area (Å²) in [6.45, 7) is 7.34. The molecule has 0 atom stereocenters. The maximum Gasteiger partial charge on any atom is 0.220 e. The van der Waals surface area contributed by atoms with Gasteiger partial charge in [0, 0.05) is 31.6 Å². The van der Waals surface area contributed by atoms with Gasteiger partial charge in [0.05, 0.1) is 0 Å². The highest BCUT2D eigenvalue weighted by Gasteiger charge is 2.21. The van der Waals surface area contributed by atoms with Crippen molar-refractivity contribution in [2.75, 3.05) is 19.6 Å². The molecule has 1 saturated heterocycles. The first-order valence-corrected chi connectivity index (χ1v) is 6.87. The number of hydrogen-bond donors (Lipinski definition) is 2. The lowest BCUT2D eigenvalue weighted by molar-refractivity contribution is -0.122. The fraction of sp³-hybridized carbons (Fsp3) is 0.923. The second-order valence-electron chi connectivity index (χ2n) is 5.22. The molecule has 0 radical (unpaired) electrons. The van der Waals surface area contributed by atoms with E-state index in [1.165, 1.54) is 0 Å². The van der Waals surface area contributed by atoms with Gasteiger partial charge in [0.2, 0.25) is 5.91 Å². The first-order valence-electron chi connectivity index (χ1n) is 6.87. The van der Waals surface area contributed by atoms with Crippen molar-refractivity contribution < 1.29 is 4.79 Å². The Balaban J connectivity index is 2.15. The Morgan fingerprint density at radius 1 is 1.35 bits per heavy atom. The highest BCUT2D eigenvalue weighted by molar-refractivity contribution is 5.76. The van der Waals surface area contributed by atoms with E-state index in [-0.39, 0.29) is 5.91 Å². The molecule has 4 heteroatoms. The summed E-state index contributed by atoms with van der Waals surface area (Å²) in [5, 5.41) is 3.13. The summed E-state index contributed by atoms with van der Waals surface area (Å²) >= 11 is 0. The average molecular weight is 241 g/mol. The van der Waals surface area contributed by atoms with Crippen LogP contribution in [0.15, 0.2) is 0 Å². The van der Waals surface area contributed by atoms with Gasteiger partial charge >= 0.3 is 0 Å². The minimum absolute atomic E-state index is 0.196. The SMILES string of the molecule is CC(C)N1CCC(NC(=O)CCCCN)CC1. The molecule has 17 heavy (non-hydrogen) atoms. The Bertz CT molecular complexity index is 223. The van der Waals surface area contributed by atoms with Gasteiger partial charge in [-0.1, -0.05) is 0 Å². The van der Waals surface area contributed by atoms with E-state index in [0.717, 1.165) is 38.8 Å². The zero-order valence-electron chi connectivity index (χ0n) is 11.2. The van der Waals surface area contributed by atoms with Gasteiger partial charge < -0.3 is 16.0 Å². The molecule has 100 valence electrons. The molecule has 1 amide bonds. The van der Waals surface area contributed by atoms with Crippen LogP contribution < -0.4 is 11.1 Å². The summed E-state index contributed by atoms with van der Waals surface area (Å²) in [5.74, 6) is 0.196. The molecule has 1 fully saturated rings. The number of rotatable bonds is 6. The van der Waals surface area contributed by atoms with Gasteiger partial charge in [-0.2, -0.15) is 0 Å². The van der Waals surface area contributed by atoms with Crippen molar-refractivity contribution in [2.45, 2.75) is 58.0 Å². The standard InChI is InChI=1S/C13H27N3O/c1-11(2)16-9-6-12(7-10-16)15-13(17)5-3-4-8-14/h11-12H,3-10,14H2,1-2H3,(H,15,17). The zero-order chi connectivity index (χ0) is 12.7. The van der Waals surface area contributed by atoms with Crippen LogP contribution in [0.3, 0.4) is 0 Å². The summed E-state index contributed by atoms with van der Waals surface area (Å²) in [5.41, 5.74) is 5.41. The monoisotopic (exact) mass is 241 g/mol. The largest absolute Gasteiger partial charge is 0.353 e. The molecule has 0 aromatic rings. The molecule has 0 unspecified atom stereocenters. The molecular weight excluding hydrogens is 214 g/mol. The van der Waals surface area contributed by atoms with E-state index >= 15 is 0 Å². The third kappa shape index (κ3) is 5.50. The Labute approximate surface area is 105 Å². The van der Waals surface area contributed by atoms with E-state index < -0.39 is 0 Å². The van der Waals surface area contributed by atoms with Crippen molar-refractivity contribution in [3.63, 3.8) is 0 Å². The maximum atomic E-state index is 11.6. The van der Waals surface area contributed by atoms with Crippen molar-refractivity contribution >= 4 is 5.91 Å². The van der Waals surface area contributed by atoms with Crippen LogP contribution in [-0.2, 0) is 4.79 Å². The Kier molecular flexibility index (Phi) is 6.52. The number of unbranched alkanes of at least 4 members (excludes halogenated alkanes) is 1. The molecule has 0 aromatic carbocycles. The molecular formula is C13H27N3O. The number of amides is 1. The number of hydrogen-bond acceptors (Lipinski definition) is 3. The Morgan fingerprint density at radius 3 is 2.53 bits per heavy atom. The number of piperidine rings is 1. The smallest absolute Gasteiger partial charge is 0.220 e. The Hall–Kier alpha value is -0.610. The van der Waals surface area contributed by atoms with Crippen molar-refractivity contribution in [1.82, 2.24) is 10.2 Å². The van der Waals surface area contributed by atoms with E-state index in [1.807, 2.05) is 0 Å². The van der Waals surface area contributed by atoms with Crippen LogP contribution in [0.5, 0.6) is 0 Å². The molecule has 0 bridgehead atoms. The third-order valence-electron chi connectivity index (χ3n) is 3.48. The lowest BCUT2D eigenvalue weighted by atomic mass is 10.0. The number of nitrogens with zero attached hydrogens (tertiary/aromatic N) is 1. The summed E-state index contributed by atoms with van der Waals surface area (Å²) in [6.07, 6.45) is 4.65. The first-order chi connectivity index (χ1) is 8.13. The predicted octanol–water partition coefficient (Wildman–Crippen LogP) is 1.10. The van der Waals surface area contributed by atoms with Gasteiger partial charge in [-0.15, -0.1) is 0 Å². The van der Waals surface area contributed by atoms with Crippen molar-refractivity contribution in [3.8, 4) is 0 Å². The molecule has 0 aromatic heterocycles. The van der Waals surface area contributed by atoms with E-state index in [2.05, 4.69) is 24.1 Å². The molecule has 0 aliphatic carbocycles. The van der Waals surface area contributed by atoms with Crippen LogP contribution in [0.4, 0.5) is 0 Å². The molecule has 0 saturated carbocycles. The van der Waals surface area contributed by atoms with Crippen LogP contribution in [0, 0.1) is 0 Å². The number of nitrogens with one attached hydrogen (secondary N) is 1. The molecule has 1 aliphatic rings. The highest BCUT2D eigenvalue weighted by Crippen LogP contribution is 2.13. The minimum atomic E-state index is 0.196. The zero-order valence-corrected chi connectivity index (χ0v) is 11.2. The molecule has 1 heterocycles. The number of likely N-dealkylation sites (tertiary alicyclic amines) is 1. The van der Waals surface area contributed by atoms with Gasteiger partial charge in [-0.25, -0.2) is 0 Å². The maximum absolute atomic E-state index is 11.6. The number of carbonyl (C=O) groups excluding carboxylic acids is 1. The van der Waals surface area contributed by atoms with Gasteiger partial charge in [-0.3, -0.25) is 4.79 Å². The molecule has 3 N–H and O–H groups in total. The lowest BCUT2D eigenvalue weighted by Crippen LogP contribution is -2.46. The topological polar surface area (TPSA) is 58.4 Å². The quantitative estimate of drug-likeness (QED) is 0.685. The Morgan fingerprint density at radius 2 is 2.00 bits per heavy atom. The van der Waals surface area contributed by atoms with E-state index in [4.69, 9.17) is 5.73 Å². The summed E-state index contributed by atoms with van der Waals surface area (Å²) in [4.78, 5) is 14.1. The fourth-order valence-corrected chi connectivity index (χ4v) is 2.29. The lowest BCUT2D eigenvalue weighted by Gasteiger charge is -2.34. The van der Waals surface area contributed by atoms with Crippen LogP contribution in [0.1, 0.15) is 46.0 Å². The normalized spacial score (nSPS) is 18.6. The van der Waals surface area contributed by atoms with Gasteiger partial charge in [0.15, 0.2) is 0 Å². The van der Waals surface area contributed by atoms with Crippen molar-refractivity contribution in [3.05, 3.63) is 0 Å². The second-order valence-corrected chi connectivity index (χ2v) is 5.22.